The highest BCUT2D eigenvalue weighted by molar-refractivity contribution is 6.07. The number of hydrogen-bond acceptors (Lipinski definition) is 6. The average molecular weight is 496 g/mol. The first-order chi connectivity index (χ1) is 17.8. The number of nitrogens with two attached hydrogens (primary N) is 1. The van der Waals surface area contributed by atoms with Crippen molar-refractivity contribution in [2.24, 2.45) is 11.1 Å². The number of H-pyrrole nitrogens is 2. The summed E-state index contributed by atoms with van der Waals surface area (Å²) in [5, 5.41) is 10.1. The van der Waals surface area contributed by atoms with Gasteiger partial charge in [-0.1, -0.05) is 30.4 Å². The number of aromatic amines is 2. The topological polar surface area (TPSA) is 160 Å². The van der Waals surface area contributed by atoms with E-state index in [1.807, 2.05) is 32.1 Å². The molecule has 5 rings (SSSR count). The number of allylic oxidation sites excluding steroid dienone is 3. The van der Waals surface area contributed by atoms with Crippen LogP contribution in [0.25, 0.3) is 16.6 Å². The summed E-state index contributed by atoms with van der Waals surface area (Å²) in [6.07, 6.45) is 8.79. The number of aromatic nitrogens is 5. The quantitative estimate of drug-likeness (QED) is 0.322. The van der Waals surface area contributed by atoms with Crippen molar-refractivity contribution in [2.45, 2.75) is 26.7 Å². The Kier molecular flexibility index (Phi) is 6.00. The van der Waals surface area contributed by atoms with Crippen LogP contribution >= 0.6 is 0 Å². The Hall–Kier alpha value is -4.86. The van der Waals surface area contributed by atoms with E-state index in [-0.39, 0.29) is 24.3 Å². The molecule has 0 spiro atoms. The molecule has 0 fully saturated rings. The second-order valence-electron chi connectivity index (χ2n) is 9.26. The molecule has 1 aliphatic rings. The standard InChI is InChI=1S/C27H25N7O3/c1-15-9-16(2)32-25(36)20(15)12-27(26(28)37)8-4-7-19(11-27)17-5-3-6-18(10-17)24(35)33-22-21-13-31-34-23(21)30-14-29-22/h3-10,13-14H,11-12H2,1-2H3,(H2,28,37)(H,32,36)(H2,29,30,31,33,34,35). The number of primary amides is 1. The fraction of sp³-hybridized carbons (Fsp3) is 0.185. The number of rotatable bonds is 6. The lowest BCUT2D eigenvalue weighted by Gasteiger charge is -2.31. The van der Waals surface area contributed by atoms with E-state index in [0.29, 0.717) is 28.0 Å². The van der Waals surface area contributed by atoms with E-state index in [2.05, 4.69) is 30.5 Å². The molecule has 5 N–H and O–H groups in total. The lowest BCUT2D eigenvalue weighted by molar-refractivity contribution is -0.125. The van der Waals surface area contributed by atoms with E-state index < -0.39 is 11.3 Å². The van der Waals surface area contributed by atoms with Crippen molar-refractivity contribution in [3.05, 3.63) is 99.4 Å². The smallest absolute Gasteiger partial charge is 0.256 e. The summed E-state index contributed by atoms with van der Waals surface area (Å²) in [5.74, 6) is -0.520. The summed E-state index contributed by atoms with van der Waals surface area (Å²) in [4.78, 5) is 49.5. The molecular formula is C27H25N7O3. The van der Waals surface area contributed by atoms with E-state index in [1.54, 1.807) is 36.5 Å². The first-order valence-electron chi connectivity index (χ1n) is 11.7. The van der Waals surface area contributed by atoms with E-state index in [9.17, 15) is 14.4 Å². The number of carbonyl (C=O) groups is 2. The number of nitrogens with zero attached hydrogens (tertiary/aromatic N) is 3. The van der Waals surface area contributed by atoms with Gasteiger partial charge in [0.1, 0.15) is 12.1 Å². The van der Waals surface area contributed by atoms with E-state index in [4.69, 9.17) is 5.73 Å². The molecular weight excluding hydrogens is 470 g/mol. The predicted molar refractivity (Wildman–Crippen MR) is 140 cm³/mol. The molecule has 1 unspecified atom stereocenters. The summed E-state index contributed by atoms with van der Waals surface area (Å²) < 4.78 is 0. The molecule has 2 amide bonds. The maximum Gasteiger partial charge on any atom is 0.256 e. The van der Waals surface area contributed by atoms with Crippen molar-refractivity contribution < 1.29 is 9.59 Å². The number of benzene rings is 1. The fourth-order valence-corrected chi connectivity index (χ4v) is 4.70. The Morgan fingerprint density at radius 3 is 2.81 bits per heavy atom. The molecule has 4 aromatic rings. The van der Waals surface area contributed by atoms with Crippen LogP contribution in [-0.2, 0) is 11.2 Å². The van der Waals surface area contributed by atoms with Crippen molar-refractivity contribution in [2.75, 3.05) is 5.32 Å². The second kappa shape index (κ2) is 9.30. The highest BCUT2D eigenvalue weighted by Crippen LogP contribution is 2.39. The van der Waals surface area contributed by atoms with Crippen LogP contribution in [0, 0.1) is 19.3 Å². The van der Waals surface area contributed by atoms with Gasteiger partial charge in [0.25, 0.3) is 11.5 Å². The summed E-state index contributed by atoms with van der Waals surface area (Å²) in [7, 11) is 0. The summed E-state index contributed by atoms with van der Waals surface area (Å²) >= 11 is 0. The number of fused-ring (bicyclic) bond motifs is 1. The number of amides is 2. The number of anilines is 1. The number of carbonyl (C=O) groups excluding carboxylic acids is 2. The molecule has 0 aliphatic heterocycles. The van der Waals surface area contributed by atoms with Crippen LogP contribution in [0.15, 0.2) is 65.9 Å². The lowest BCUT2D eigenvalue weighted by atomic mass is 9.71. The third kappa shape index (κ3) is 4.56. The molecule has 1 atom stereocenters. The van der Waals surface area contributed by atoms with Gasteiger partial charge < -0.3 is 16.0 Å². The summed E-state index contributed by atoms with van der Waals surface area (Å²) in [6.45, 7) is 3.67. The van der Waals surface area contributed by atoms with E-state index in [1.165, 1.54) is 6.33 Å². The predicted octanol–water partition coefficient (Wildman–Crippen LogP) is 2.97. The molecule has 0 saturated carbocycles. The van der Waals surface area contributed by atoms with Gasteiger partial charge in [-0.25, -0.2) is 9.97 Å². The van der Waals surface area contributed by atoms with Gasteiger partial charge in [0.05, 0.1) is 17.0 Å². The molecule has 37 heavy (non-hydrogen) atoms. The van der Waals surface area contributed by atoms with Crippen molar-refractivity contribution in [3.8, 4) is 0 Å². The molecule has 1 aliphatic carbocycles. The largest absolute Gasteiger partial charge is 0.369 e. The minimum Gasteiger partial charge on any atom is -0.369 e. The minimum atomic E-state index is -1.08. The molecule has 3 aromatic heterocycles. The van der Waals surface area contributed by atoms with Crippen molar-refractivity contribution in [1.82, 2.24) is 25.1 Å². The zero-order valence-electron chi connectivity index (χ0n) is 20.3. The van der Waals surface area contributed by atoms with Crippen LogP contribution in [0.3, 0.4) is 0 Å². The maximum atomic E-state index is 13.0. The van der Waals surface area contributed by atoms with Crippen molar-refractivity contribution in [3.63, 3.8) is 0 Å². The summed E-state index contributed by atoms with van der Waals surface area (Å²) in [5.41, 5.74) is 9.23. The Balaban J connectivity index is 1.42. The lowest BCUT2D eigenvalue weighted by Crippen LogP contribution is -2.40. The third-order valence-corrected chi connectivity index (χ3v) is 6.67. The number of nitrogens with one attached hydrogen (secondary N) is 3. The molecule has 0 bridgehead atoms. The van der Waals surface area contributed by atoms with E-state index >= 15 is 0 Å². The van der Waals surface area contributed by atoms with Crippen LogP contribution in [0.2, 0.25) is 0 Å². The van der Waals surface area contributed by atoms with Crippen LogP contribution < -0.4 is 16.6 Å². The Morgan fingerprint density at radius 1 is 1.19 bits per heavy atom. The minimum absolute atomic E-state index is 0.173. The highest BCUT2D eigenvalue weighted by Gasteiger charge is 2.38. The van der Waals surface area contributed by atoms with Gasteiger partial charge >= 0.3 is 0 Å². The molecule has 1 aromatic carbocycles. The average Bonchev–Trinajstić information content (AvgIpc) is 3.36. The van der Waals surface area contributed by atoms with Crippen LogP contribution in [0.4, 0.5) is 5.82 Å². The monoisotopic (exact) mass is 495 g/mol. The van der Waals surface area contributed by atoms with Gasteiger partial charge in [-0.05, 0) is 61.6 Å². The molecule has 186 valence electrons. The maximum absolute atomic E-state index is 13.0. The summed E-state index contributed by atoms with van der Waals surface area (Å²) in [6, 6.07) is 8.98. The first-order valence-corrected chi connectivity index (χ1v) is 11.7. The zero-order valence-corrected chi connectivity index (χ0v) is 20.3. The van der Waals surface area contributed by atoms with Crippen molar-refractivity contribution in [1.29, 1.82) is 0 Å². The number of pyridine rings is 1. The molecule has 0 radical (unpaired) electrons. The first kappa shape index (κ1) is 23.9. The number of aryl methyl sites for hydroxylation is 2. The van der Waals surface area contributed by atoms with Gasteiger partial charge in [0.2, 0.25) is 5.91 Å². The van der Waals surface area contributed by atoms with E-state index in [0.717, 1.165) is 22.4 Å². The van der Waals surface area contributed by atoms with Gasteiger partial charge in [0, 0.05) is 16.8 Å². The Labute approximate surface area is 211 Å². The Bertz CT molecular complexity index is 1660. The van der Waals surface area contributed by atoms with Crippen LogP contribution in [0.5, 0.6) is 0 Å². The van der Waals surface area contributed by atoms with Crippen LogP contribution in [0.1, 0.15) is 39.2 Å². The fourth-order valence-electron chi connectivity index (χ4n) is 4.70. The van der Waals surface area contributed by atoms with Crippen LogP contribution in [-0.4, -0.2) is 37.0 Å². The molecule has 0 saturated heterocycles. The van der Waals surface area contributed by atoms with Gasteiger partial charge in [0.15, 0.2) is 5.65 Å². The molecule has 10 heteroatoms. The van der Waals surface area contributed by atoms with Gasteiger partial charge in [-0.3, -0.25) is 19.5 Å². The normalized spacial score (nSPS) is 17.0. The second-order valence-corrected chi connectivity index (χ2v) is 9.26. The van der Waals surface area contributed by atoms with Gasteiger partial charge in [-0.15, -0.1) is 0 Å². The molecule has 10 nitrogen and oxygen atoms in total. The number of hydrogen-bond donors (Lipinski definition) is 4. The Morgan fingerprint density at radius 2 is 2.03 bits per heavy atom. The third-order valence-electron chi connectivity index (χ3n) is 6.67. The molecule has 3 heterocycles. The van der Waals surface area contributed by atoms with Crippen molar-refractivity contribution >= 4 is 34.2 Å². The zero-order chi connectivity index (χ0) is 26.2. The van der Waals surface area contributed by atoms with Gasteiger partial charge in [-0.2, -0.15) is 5.10 Å². The SMILES string of the molecule is Cc1cc(C)c(CC2(C(N)=O)C=CC=C(c3cccc(C(=O)Nc4ncnc5[nH]ncc45)c3)C2)c(=O)[nH]1. The highest BCUT2D eigenvalue weighted by atomic mass is 16.2.